The number of fused-ring (bicyclic) bond motifs is 2. The number of carbonyl (C=O) groups is 1. The van der Waals surface area contributed by atoms with Crippen molar-refractivity contribution in [3.63, 3.8) is 0 Å². The zero-order valence-corrected chi connectivity index (χ0v) is 12.3. The lowest BCUT2D eigenvalue weighted by molar-refractivity contribution is -0.141. The number of benzene rings is 1. The highest BCUT2D eigenvalue weighted by Gasteiger charge is 2.37. The van der Waals surface area contributed by atoms with Crippen LogP contribution < -0.4 is 4.74 Å². The second-order valence-corrected chi connectivity index (χ2v) is 5.61. The molecule has 0 amide bonds. The molecule has 0 bridgehead atoms. The molecule has 5 nitrogen and oxygen atoms in total. The van der Waals surface area contributed by atoms with Crippen molar-refractivity contribution in [2.75, 3.05) is 7.11 Å². The van der Waals surface area contributed by atoms with Crippen molar-refractivity contribution >= 4 is 5.97 Å². The van der Waals surface area contributed by atoms with E-state index in [0.717, 1.165) is 12.0 Å². The molecule has 2 N–H and O–H groups in total. The molecule has 0 aromatic heterocycles. The minimum absolute atomic E-state index is 0.0371. The lowest BCUT2D eigenvalue weighted by Crippen LogP contribution is -2.27. The van der Waals surface area contributed by atoms with Crippen LogP contribution >= 0.6 is 0 Å². The maximum atomic E-state index is 11.2. The Morgan fingerprint density at radius 1 is 1.45 bits per heavy atom. The van der Waals surface area contributed by atoms with Gasteiger partial charge in [0.05, 0.1) is 12.5 Å². The summed E-state index contributed by atoms with van der Waals surface area (Å²) < 4.78 is 11.3. The smallest absolute Gasteiger partial charge is 0.306 e. The summed E-state index contributed by atoms with van der Waals surface area (Å²) in [4.78, 5) is 11.2. The molecule has 1 aromatic rings. The van der Waals surface area contributed by atoms with E-state index in [1.54, 1.807) is 37.5 Å². The molecule has 1 aliphatic carbocycles. The van der Waals surface area contributed by atoms with Crippen molar-refractivity contribution in [2.45, 2.75) is 31.0 Å². The number of hydrogen-bond donors (Lipinski definition) is 2. The first-order valence-electron chi connectivity index (χ1n) is 7.20. The molecule has 1 heterocycles. The molecule has 0 saturated heterocycles. The van der Waals surface area contributed by atoms with Crippen LogP contribution in [0.4, 0.5) is 0 Å². The Kier molecular flexibility index (Phi) is 3.76. The SMILES string of the molecule is COC1C=C2Oc3ccccc3C(O)(CC(=O)O)C=C2CC1. The number of carboxylic acid groups (broad SMARTS) is 1. The van der Waals surface area contributed by atoms with Crippen molar-refractivity contribution in [3.05, 3.63) is 53.3 Å². The lowest BCUT2D eigenvalue weighted by atomic mass is 9.86. The molecule has 2 atom stereocenters. The van der Waals surface area contributed by atoms with E-state index in [-0.39, 0.29) is 6.10 Å². The molecule has 0 radical (unpaired) electrons. The van der Waals surface area contributed by atoms with Crippen molar-refractivity contribution in [1.82, 2.24) is 0 Å². The molecule has 0 fully saturated rings. The summed E-state index contributed by atoms with van der Waals surface area (Å²) in [6.45, 7) is 0. The number of carboxylic acids is 1. The van der Waals surface area contributed by atoms with Gasteiger partial charge in [-0.25, -0.2) is 0 Å². The van der Waals surface area contributed by atoms with Crippen molar-refractivity contribution < 1.29 is 24.5 Å². The Labute approximate surface area is 128 Å². The van der Waals surface area contributed by atoms with Crippen LogP contribution in [0.15, 0.2) is 47.7 Å². The van der Waals surface area contributed by atoms with Crippen LogP contribution in [-0.2, 0) is 15.1 Å². The van der Waals surface area contributed by atoms with Crippen LogP contribution in [0, 0.1) is 0 Å². The molecule has 22 heavy (non-hydrogen) atoms. The van der Waals surface area contributed by atoms with E-state index in [1.165, 1.54) is 0 Å². The zero-order valence-electron chi connectivity index (χ0n) is 12.3. The normalized spacial score (nSPS) is 26.7. The fourth-order valence-corrected chi connectivity index (χ4v) is 2.98. The maximum Gasteiger partial charge on any atom is 0.306 e. The van der Waals surface area contributed by atoms with Crippen LogP contribution in [0.25, 0.3) is 0 Å². The van der Waals surface area contributed by atoms with Crippen LogP contribution in [0.1, 0.15) is 24.8 Å². The Balaban J connectivity index is 2.13. The summed E-state index contributed by atoms with van der Waals surface area (Å²) in [6, 6.07) is 6.98. The molecule has 1 aliphatic heterocycles. The first-order valence-corrected chi connectivity index (χ1v) is 7.20. The van der Waals surface area contributed by atoms with Gasteiger partial charge in [-0.3, -0.25) is 4.79 Å². The molecule has 0 spiro atoms. The van der Waals surface area contributed by atoms with Crippen LogP contribution in [0.2, 0.25) is 0 Å². The standard InChI is InChI=1S/C17H18O5/c1-21-12-7-6-11-9-17(20,10-16(18)19)13-4-2-3-5-14(13)22-15(11)8-12/h2-5,8-9,12,20H,6-7,10H2,1H3,(H,18,19). The monoisotopic (exact) mass is 302 g/mol. The Morgan fingerprint density at radius 2 is 2.23 bits per heavy atom. The Bertz CT molecular complexity index is 661. The molecule has 0 saturated carbocycles. The summed E-state index contributed by atoms with van der Waals surface area (Å²) in [5.41, 5.74) is -0.296. The van der Waals surface area contributed by atoms with E-state index >= 15 is 0 Å². The first kappa shape index (κ1) is 14.8. The second kappa shape index (κ2) is 5.59. The molecule has 2 unspecified atom stereocenters. The molecule has 5 heteroatoms. The van der Waals surface area contributed by atoms with Gasteiger partial charge in [0.25, 0.3) is 0 Å². The van der Waals surface area contributed by atoms with E-state index in [1.807, 2.05) is 6.08 Å². The summed E-state index contributed by atoms with van der Waals surface area (Å²) in [7, 11) is 1.64. The fraction of sp³-hybridized carbons (Fsp3) is 0.353. The predicted molar refractivity (Wildman–Crippen MR) is 79.4 cm³/mol. The minimum atomic E-state index is -1.58. The number of allylic oxidation sites excluding steroid dienone is 1. The third kappa shape index (κ3) is 2.65. The molecular formula is C17H18O5. The number of para-hydroxylation sites is 1. The third-order valence-electron chi connectivity index (χ3n) is 4.06. The second-order valence-electron chi connectivity index (χ2n) is 5.61. The lowest BCUT2D eigenvalue weighted by Gasteiger charge is -2.24. The summed E-state index contributed by atoms with van der Waals surface area (Å²) in [6.07, 6.45) is 4.49. The van der Waals surface area contributed by atoms with Crippen molar-refractivity contribution in [1.29, 1.82) is 0 Å². The average molecular weight is 302 g/mol. The van der Waals surface area contributed by atoms with Gasteiger partial charge in [-0.05, 0) is 36.6 Å². The number of aliphatic hydroxyl groups is 1. The van der Waals surface area contributed by atoms with Gasteiger partial charge in [0, 0.05) is 12.7 Å². The van der Waals surface area contributed by atoms with E-state index in [2.05, 4.69) is 0 Å². The van der Waals surface area contributed by atoms with Crippen LogP contribution in [0.3, 0.4) is 0 Å². The quantitative estimate of drug-likeness (QED) is 0.896. The maximum absolute atomic E-state index is 11.2. The van der Waals surface area contributed by atoms with Gasteiger partial charge in [-0.2, -0.15) is 0 Å². The molecular weight excluding hydrogens is 284 g/mol. The van der Waals surface area contributed by atoms with Crippen LogP contribution in [-0.4, -0.2) is 29.4 Å². The third-order valence-corrected chi connectivity index (χ3v) is 4.06. The van der Waals surface area contributed by atoms with Gasteiger partial charge in [0.1, 0.15) is 17.1 Å². The Hall–Kier alpha value is -2.11. The van der Waals surface area contributed by atoms with E-state index in [4.69, 9.17) is 14.6 Å². The number of ether oxygens (including phenoxy) is 2. The Morgan fingerprint density at radius 3 is 2.95 bits per heavy atom. The highest BCUT2D eigenvalue weighted by molar-refractivity contribution is 5.70. The van der Waals surface area contributed by atoms with Gasteiger partial charge in [0.2, 0.25) is 0 Å². The van der Waals surface area contributed by atoms with Gasteiger partial charge < -0.3 is 19.7 Å². The summed E-state index contributed by atoms with van der Waals surface area (Å²) in [5, 5.41) is 20.1. The minimum Gasteiger partial charge on any atom is -0.481 e. The number of methoxy groups -OCH3 is 1. The molecule has 2 aliphatic rings. The van der Waals surface area contributed by atoms with Crippen molar-refractivity contribution in [2.24, 2.45) is 0 Å². The van der Waals surface area contributed by atoms with Gasteiger partial charge >= 0.3 is 5.97 Å². The largest absolute Gasteiger partial charge is 0.481 e. The summed E-state index contributed by atoms with van der Waals surface area (Å²) >= 11 is 0. The molecule has 3 rings (SSSR count). The topological polar surface area (TPSA) is 76.0 Å². The van der Waals surface area contributed by atoms with E-state index in [9.17, 15) is 9.90 Å². The number of rotatable bonds is 3. The molecule has 1 aromatic carbocycles. The summed E-state index contributed by atoms with van der Waals surface area (Å²) in [5.74, 6) is 0.0412. The molecule has 116 valence electrons. The fourth-order valence-electron chi connectivity index (χ4n) is 2.98. The average Bonchev–Trinajstić information content (AvgIpc) is 2.60. The first-order chi connectivity index (χ1) is 10.5. The van der Waals surface area contributed by atoms with E-state index in [0.29, 0.717) is 23.5 Å². The van der Waals surface area contributed by atoms with Gasteiger partial charge in [-0.15, -0.1) is 0 Å². The number of aliphatic carboxylic acids is 1. The zero-order chi connectivity index (χ0) is 15.7. The van der Waals surface area contributed by atoms with Crippen molar-refractivity contribution in [3.8, 4) is 5.75 Å². The highest BCUT2D eigenvalue weighted by atomic mass is 16.5. The van der Waals surface area contributed by atoms with Gasteiger partial charge in [0.15, 0.2) is 0 Å². The number of hydrogen-bond acceptors (Lipinski definition) is 4. The van der Waals surface area contributed by atoms with Crippen LogP contribution in [0.5, 0.6) is 5.75 Å². The predicted octanol–water partition coefficient (Wildman–Crippen LogP) is 2.36. The highest BCUT2D eigenvalue weighted by Crippen LogP contribution is 2.42. The van der Waals surface area contributed by atoms with E-state index < -0.39 is 18.0 Å². The van der Waals surface area contributed by atoms with Gasteiger partial charge in [-0.1, -0.05) is 18.2 Å².